The first-order valence-electron chi connectivity index (χ1n) is 9.83. The summed E-state index contributed by atoms with van der Waals surface area (Å²) >= 11 is 0. The lowest BCUT2D eigenvalue weighted by molar-refractivity contribution is 0.0698. The zero-order chi connectivity index (χ0) is 21.8. The largest absolute Gasteiger partial charge is 0.336 e. The van der Waals surface area contributed by atoms with E-state index in [9.17, 15) is 13.2 Å². The number of carbonyl (C=O) groups is 1. The van der Waals surface area contributed by atoms with Crippen molar-refractivity contribution in [2.75, 3.05) is 26.2 Å². The van der Waals surface area contributed by atoms with Crippen molar-refractivity contribution in [3.05, 3.63) is 83.7 Å². The molecule has 2 aromatic carbocycles. The number of nitriles is 1. The highest BCUT2D eigenvalue weighted by Crippen LogP contribution is 2.19. The number of rotatable bonds is 5. The second-order valence-electron chi connectivity index (χ2n) is 7.23. The predicted octanol–water partition coefficient (Wildman–Crippen LogP) is 1.95. The number of nitrogens with zero attached hydrogens (tertiary/aromatic N) is 5. The summed E-state index contributed by atoms with van der Waals surface area (Å²) in [5, 5.41) is 13.0. The molecule has 31 heavy (non-hydrogen) atoms. The fourth-order valence-electron chi connectivity index (χ4n) is 3.50. The van der Waals surface area contributed by atoms with E-state index < -0.39 is 10.0 Å². The van der Waals surface area contributed by atoms with Crippen LogP contribution in [-0.2, 0) is 16.6 Å². The number of piperazine rings is 1. The molecular formula is C22H21N5O3S. The summed E-state index contributed by atoms with van der Waals surface area (Å²) in [6.45, 7) is 1.73. The Morgan fingerprint density at radius 3 is 2.26 bits per heavy atom. The zero-order valence-corrected chi connectivity index (χ0v) is 17.6. The van der Waals surface area contributed by atoms with Gasteiger partial charge in [0.25, 0.3) is 5.91 Å². The van der Waals surface area contributed by atoms with Crippen LogP contribution in [0.1, 0.15) is 21.5 Å². The fraction of sp³-hybridized carbons (Fsp3) is 0.227. The first-order chi connectivity index (χ1) is 15.0. The molecule has 8 nitrogen and oxygen atoms in total. The quantitative estimate of drug-likeness (QED) is 0.610. The maximum Gasteiger partial charge on any atom is 0.253 e. The van der Waals surface area contributed by atoms with Gasteiger partial charge in [0.15, 0.2) is 0 Å². The van der Waals surface area contributed by atoms with Crippen LogP contribution in [0.5, 0.6) is 0 Å². The summed E-state index contributed by atoms with van der Waals surface area (Å²) in [5.41, 5.74) is 2.02. The molecule has 1 aliphatic rings. The third-order valence-corrected chi connectivity index (χ3v) is 7.16. The van der Waals surface area contributed by atoms with E-state index in [4.69, 9.17) is 5.26 Å². The van der Waals surface area contributed by atoms with Gasteiger partial charge in [0.2, 0.25) is 10.0 Å². The van der Waals surface area contributed by atoms with Crippen molar-refractivity contribution in [2.45, 2.75) is 11.4 Å². The minimum absolute atomic E-state index is 0.110. The Morgan fingerprint density at radius 1 is 1.00 bits per heavy atom. The molecule has 0 saturated carbocycles. The maximum absolute atomic E-state index is 12.8. The molecule has 1 aliphatic heterocycles. The van der Waals surface area contributed by atoms with Crippen molar-refractivity contribution in [1.29, 1.82) is 5.26 Å². The van der Waals surface area contributed by atoms with Gasteiger partial charge in [-0.3, -0.25) is 9.48 Å². The third-order valence-electron chi connectivity index (χ3n) is 5.25. The van der Waals surface area contributed by atoms with Gasteiger partial charge in [0.05, 0.1) is 23.1 Å². The van der Waals surface area contributed by atoms with E-state index in [1.54, 1.807) is 23.2 Å². The fourth-order valence-corrected chi connectivity index (χ4v) is 4.92. The van der Waals surface area contributed by atoms with Gasteiger partial charge in [-0.05, 0) is 48.0 Å². The van der Waals surface area contributed by atoms with Crippen molar-refractivity contribution < 1.29 is 13.2 Å². The van der Waals surface area contributed by atoms with Crippen LogP contribution >= 0.6 is 0 Å². The number of hydrogen-bond acceptors (Lipinski definition) is 5. The normalized spacial score (nSPS) is 14.9. The van der Waals surface area contributed by atoms with Crippen molar-refractivity contribution in [3.8, 4) is 6.07 Å². The van der Waals surface area contributed by atoms with Gasteiger partial charge in [-0.15, -0.1) is 0 Å². The minimum Gasteiger partial charge on any atom is -0.336 e. The highest BCUT2D eigenvalue weighted by molar-refractivity contribution is 7.89. The summed E-state index contributed by atoms with van der Waals surface area (Å²) in [5.74, 6) is -0.110. The summed E-state index contributed by atoms with van der Waals surface area (Å²) in [7, 11) is -3.65. The predicted molar refractivity (Wildman–Crippen MR) is 114 cm³/mol. The molecule has 9 heteroatoms. The monoisotopic (exact) mass is 435 g/mol. The Morgan fingerprint density at radius 2 is 1.68 bits per heavy atom. The topological polar surface area (TPSA) is 99.3 Å². The van der Waals surface area contributed by atoms with Gasteiger partial charge >= 0.3 is 0 Å². The standard InChI is InChI=1S/C22H21N5O3S/c23-16-18-4-8-21(9-5-18)31(29,30)27-14-12-25(13-15-27)22(28)20-6-2-19(3-7-20)17-26-11-1-10-24-26/h1-11H,12-15,17H2. The van der Waals surface area contributed by atoms with Gasteiger partial charge in [0.1, 0.15) is 0 Å². The van der Waals surface area contributed by atoms with E-state index >= 15 is 0 Å². The average molecular weight is 436 g/mol. The number of carbonyl (C=O) groups excluding carboxylic acids is 1. The maximum atomic E-state index is 12.8. The number of amides is 1. The van der Waals surface area contributed by atoms with E-state index in [-0.39, 0.29) is 23.9 Å². The highest BCUT2D eigenvalue weighted by Gasteiger charge is 2.30. The van der Waals surface area contributed by atoms with Gasteiger partial charge in [-0.2, -0.15) is 14.7 Å². The summed E-state index contributed by atoms with van der Waals surface area (Å²) in [6.07, 6.45) is 3.60. The van der Waals surface area contributed by atoms with E-state index in [0.29, 0.717) is 30.8 Å². The van der Waals surface area contributed by atoms with Gasteiger partial charge in [-0.25, -0.2) is 8.42 Å². The molecule has 2 heterocycles. The summed E-state index contributed by atoms with van der Waals surface area (Å²) < 4.78 is 28.9. The van der Waals surface area contributed by atoms with Crippen LogP contribution in [0.2, 0.25) is 0 Å². The first-order valence-corrected chi connectivity index (χ1v) is 11.3. The molecule has 0 aliphatic carbocycles. The smallest absolute Gasteiger partial charge is 0.253 e. The molecule has 0 bridgehead atoms. The molecule has 0 radical (unpaired) electrons. The number of sulfonamides is 1. The van der Waals surface area contributed by atoms with Gasteiger partial charge in [0, 0.05) is 44.1 Å². The van der Waals surface area contributed by atoms with Crippen LogP contribution in [0, 0.1) is 11.3 Å². The molecule has 1 fully saturated rings. The molecule has 0 spiro atoms. The zero-order valence-electron chi connectivity index (χ0n) is 16.8. The molecule has 158 valence electrons. The Kier molecular flexibility index (Phi) is 5.84. The first kappa shape index (κ1) is 20.8. The lowest BCUT2D eigenvalue weighted by atomic mass is 10.1. The molecule has 0 atom stereocenters. The van der Waals surface area contributed by atoms with Crippen LogP contribution in [0.4, 0.5) is 0 Å². The molecule has 0 unspecified atom stereocenters. The van der Waals surface area contributed by atoms with Crippen LogP contribution in [-0.4, -0.2) is 59.5 Å². The third kappa shape index (κ3) is 4.50. The summed E-state index contributed by atoms with van der Waals surface area (Å²) in [4.78, 5) is 14.7. The number of hydrogen-bond donors (Lipinski definition) is 0. The average Bonchev–Trinajstić information content (AvgIpc) is 3.32. The lowest BCUT2D eigenvalue weighted by Crippen LogP contribution is -2.50. The Labute approximate surface area is 181 Å². The van der Waals surface area contributed by atoms with Crippen LogP contribution < -0.4 is 0 Å². The van der Waals surface area contributed by atoms with Crippen molar-refractivity contribution in [3.63, 3.8) is 0 Å². The number of aromatic nitrogens is 2. The van der Waals surface area contributed by atoms with E-state index in [2.05, 4.69) is 5.10 Å². The Balaban J connectivity index is 1.37. The van der Waals surface area contributed by atoms with E-state index in [0.717, 1.165) is 5.56 Å². The van der Waals surface area contributed by atoms with E-state index in [1.165, 1.54) is 28.6 Å². The van der Waals surface area contributed by atoms with Crippen LogP contribution in [0.25, 0.3) is 0 Å². The molecule has 1 amide bonds. The molecule has 3 aromatic rings. The second-order valence-corrected chi connectivity index (χ2v) is 9.17. The molecule has 4 rings (SSSR count). The summed E-state index contributed by atoms with van der Waals surface area (Å²) in [6, 6.07) is 17.1. The molecular weight excluding hydrogens is 414 g/mol. The van der Waals surface area contributed by atoms with Crippen molar-refractivity contribution >= 4 is 15.9 Å². The van der Waals surface area contributed by atoms with E-state index in [1.807, 2.05) is 35.1 Å². The number of benzene rings is 2. The SMILES string of the molecule is N#Cc1ccc(S(=O)(=O)N2CCN(C(=O)c3ccc(Cn4cccn4)cc3)CC2)cc1. The minimum atomic E-state index is -3.65. The van der Waals surface area contributed by atoms with Gasteiger partial charge < -0.3 is 4.90 Å². The highest BCUT2D eigenvalue weighted by atomic mass is 32.2. The molecule has 1 saturated heterocycles. The van der Waals surface area contributed by atoms with Gasteiger partial charge in [-0.1, -0.05) is 12.1 Å². The van der Waals surface area contributed by atoms with Crippen molar-refractivity contribution in [2.24, 2.45) is 0 Å². The second kappa shape index (κ2) is 8.71. The van der Waals surface area contributed by atoms with Crippen molar-refractivity contribution in [1.82, 2.24) is 19.0 Å². The van der Waals surface area contributed by atoms with Crippen LogP contribution in [0.15, 0.2) is 71.9 Å². The van der Waals surface area contributed by atoms with Crippen LogP contribution in [0.3, 0.4) is 0 Å². The Bertz CT molecular complexity index is 1190. The molecule has 1 aromatic heterocycles. The lowest BCUT2D eigenvalue weighted by Gasteiger charge is -2.34. The Hall–Kier alpha value is -3.48. The molecule has 0 N–H and O–H groups in total.